The molecule has 0 radical (unpaired) electrons. The second-order valence-corrected chi connectivity index (χ2v) is 10.9. The minimum absolute atomic E-state index is 0.784. The molecule has 0 spiro atoms. The second-order valence-electron chi connectivity index (χ2n) is 8.19. The number of hydrogen-bond donors (Lipinski definition) is 0. The van der Waals surface area contributed by atoms with E-state index in [1.807, 2.05) is 0 Å². The van der Waals surface area contributed by atoms with Crippen LogP contribution in [-0.2, 0) is 0 Å². The van der Waals surface area contributed by atoms with Crippen molar-refractivity contribution in [2.45, 2.75) is 13.8 Å². The summed E-state index contributed by atoms with van der Waals surface area (Å²) >= 11 is 17.1. The zero-order valence-corrected chi connectivity index (χ0v) is 20.6. The third kappa shape index (κ3) is 3.09. The SMILES string of the molecule is Cc1ccc2c(-c3cc4sccc4cc3Cl)c(C)ccc2c1-c1cc2sccc2cc1Cl. The summed E-state index contributed by atoms with van der Waals surface area (Å²) in [4.78, 5) is 0. The van der Waals surface area contributed by atoms with E-state index in [1.54, 1.807) is 22.7 Å². The van der Waals surface area contributed by atoms with Crippen molar-refractivity contribution in [3.63, 3.8) is 0 Å². The molecule has 0 unspecified atom stereocenters. The molecule has 6 aromatic rings. The highest BCUT2D eigenvalue weighted by Crippen LogP contribution is 2.44. The van der Waals surface area contributed by atoms with Crippen molar-refractivity contribution in [2.75, 3.05) is 0 Å². The van der Waals surface area contributed by atoms with Gasteiger partial charge in [-0.3, -0.25) is 0 Å². The van der Waals surface area contributed by atoms with E-state index < -0.39 is 0 Å². The van der Waals surface area contributed by atoms with Crippen LogP contribution in [0.4, 0.5) is 0 Å². The number of rotatable bonds is 2. The largest absolute Gasteiger partial charge is 0.144 e. The highest BCUT2D eigenvalue weighted by Gasteiger charge is 2.18. The maximum Gasteiger partial charge on any atom is 0.0491 e. The lowest BCUT2D eigenvalue weighted by Crippen LogP contribution is -1.92. The van der Waals surface area contributed by atoms with Crippen molar-refractivity contribution in [3.05, 3.63) is 92.6 Å². The molecule has 0 N–H and O–H groups in total. The Balaban J connectivity index is 1.69. The second kappa shape index (κ2) is 7.60. The van der Waals surface area contributed by atoms with Crippen LogP contribution >= 0.6 is 45.9 Å². The molecular formula is C28H18Cl2S2. The Kier molecular flexibility index (Phi) is 4.81. The third-order valence-electron chi connectivity index (χ3n) is 6.24. The Labute approximate surface area is 204 Å². The average molecular weight is 489 g/mol. The van der Waals surface area contributed by atoms with E-state index >= 15 is 0 Å². The predicted octanol–water partition coefficient (Wildman–Crippen LogP) is 10.5. The highest BCUT2D eigenvalue weighted by molar-refractivity contribution is 7.17. The molecule has 6 rings (SSSR count). The fourth-order valence-corrected chi connectivity index (χ4v) is 6.84. The van der Waals surface area contributed by atoms with E-state index in [0.29, 0.717) is 0 Å². The zero-order chi connectivity index (χ0) is 22.0. The van der Waals surface area contributed by atoms with Crippen LogP contribution in [0.5, 0.6) is 0 Å². The monoisotopic (exact) mass is 488 g/mol. The number of aryl methyl sites for hydroxylation is 2. The smallest absolute Gasteiger partial charge is 0.0491 e. The van der Waals surface area contributed by atoms with Gasteiger partial charge >= 0.3 is 0 Å². The normalized spacial score (nSPS) is 11.8. The average Bonchev–Trinajstić information content (AvgIpc) is 3.41. The van der Waals surface area contributed by atoms with Crippen molar-refractivity contribution in [2.24, 2.45) is 0 Å². The Morgan fingerprint density at radius 3 is 1.44 bits per heavy atom. The van der Waals surface area contributed by atoms with Crippen LogP contribution in [-0.4, -0.2) is 0 Å². The van der Waals surface area contributed by atoms with Gasteiger partial charge in [0, 0.05) is 30.6 Å². The summed E-state index contributed by atoms with van der Waals surface area (Å²) in [5, 5.41) is 10.6. The minimum atomic E-state index is 0.784. The molecule has 0 aliphatic rings. The Hall–Kier alpha value is -2.36. The van der Waals surface area contributed by atoms with Crippen LogP contribution in [0, 0.1) is 13.8 Å². The van der Waals surface area contributed by atoms with Gasteiger partial charge in [-0.15, -0.1) is 22.7 Å². The molecule has 4 heteroatoms. The summed E-state index contributed by atoms with van der Waals surface area (Å²) < 4.78 is 2.50. The van der Waals surface area contributed by atoms with Gasteiger partial charge in [0.2, 0.25) is 0 Å². The molecule has 2 aromatic heterocycles. The summed E-state index contributed by atoms with van der Waals surface area (Å²) in [5.74, 6) is 0. The summed E-state index contributed by atoms with van der Waals surface area (Å²) in [7, 11) is 0. The van der Waals surface area contributed by atoms with E-state index in [9.17, 15) is 0 Å². The molecule has 0 amide bonds. The van der Waals surface area contributed by atoms with Gasteiger partial charge in [0.1, 0.15) is 0 Å². The highest BCUT2D eigenvalue weighted by atomic mass is 35.5. The molecule has 0 saturated carbocycles. The van der Waals surface area contributed by atoms with Gasteiger partial charge in [0.25, 0.3) is 0 Å². The van der Waals surface area contributed by atoms with Gasteiger partial charge in [-0.05, 0) is 105 Å². The van der Waals surface area contributed by atoms with E-state index in [2.05, 4.69) is 85.3 Å². The number of thiophene rings is 2. The molecular weight excluding hydrogens is 471 g/mol. The fourth-order valence-electron chi connectivity index (χ4n) is 4.69. The number of benzene rings is 4. The summed E-state index contributed by atoms with van der Waals surface area (Å²) in [6.07, 6.45) is 0. The molecule has 0 aliphatic heterocycles. The van der Waals surface area contributed by atoms with Crippen LogP contribution in [0.15, 0.2) is 71.4 Å². The minimum Gasteiger partial charge on any atom is -0.144 e. The Bertz CT molecular complexity index is 1550. The molecule has 156 valence electrons. The van der Waals surface area contributed by atoms with E-state index in [-0.39, 0.29) is 0 Å². The quantitative estimate of drug-likeness (QED) is 0.227. The first kappa shape index (κ1) is 20.3. The zero-order valence-electron chi connectivity index (χ0n) is 17.5. The maximum absolute atomic E-state index is 6.82. The topological polar surface area (TPSA) is 0 Å². The lowest BCUT2D eigenvalue weighted by Gasteiger charge is -2.18. The summed E-state index contributed by atoms with van der Waals surface area (Å²) in [6.45, 7) is 4.32. The lowest BCUT2D eigenvalue weighted by molar-refractivity contribution is 1.46. The van der Waals surface area contributed by atoms with Crippen molar-refractivity contribution in [3.8, 4) is 22.3 Å². The molecule has 2 heterocycles. The molecule has 32 heavy (non-hydrogen) atoms. The summed E-state index contributed by atoms with van der Waals surface area (Å²) in [5.41, 5.74) is 6.98. The van der Waals surface area contributed by atoms with Crippen LogP contribution in [0.1, 0.15) is 11.1 Å². The Morgan fingerprint density at radius 2 is 1.00 bits per heavy atom. The molecule has 0 saturated heterocycles. The molecule has 0 fully saturated rings. The number of hydrogen-bond acceptors (Lipinski definition) is 2. The van der Waals surface area contributed by atoms with Gasteiger partial charge in [-0.1, -0.05) is 47.5 Å². The van der Waals surface area contributed by atoms with E-state index in [4.69, 9.17) is 23.2 Å². The standard InChI is InChI=1S/C28H18Cl2S2/c1-15-3-5-20-19(27(15)21-13-25-17(7-9-31-25)11-23(21)29)6-4-16(2)28(20)22-14-26-18(8-10-32-26)12-24(22)30/h3-14H,1-2H3. The van der Waals surface area contributed by atoms with Gasteiger partial charge in [0.15, 0.2) is 0 Å². The molecule has 0 nitrogen and oxygen atoms in total. The molecule has 0 bridgehead atoms. The first-order chi connectivity index (χ1) is 15.5. The van der Waals surface area contributed by atoms with Crippen LogP contribution in [0.3, 0.4) is 0 Å². The van der Waals surface area contributed by atoms with E-state index in [1.165, 1.54) is 53.2 Å². The molecule has 0 aliphatic carbocycles. The van der Waals surface area contributed by atoms with E-state index in [0.717, 1.165) is 21.2 Å². The van der Waals surface area contributed by atoms with Gasteiger partial charge in [-0.2, -0.15) is 0 Å². The fraction of sp³-hybridized carbons (Fsp3) is 0.0714. The number of halogens is 2. The van der Waals surface area contributed by atoms with Gasteiger partial charge < -0.3 is 0 Å². The van der Waals surface area contributed by atoms with Crippen molar-refractivity contribution in [1.29, 1.82) is 0 Å². The Morgan fingerprint density at radius 1 is 0.562 bits per heavy atom. The van der Waals surface area contributed by atoms with Crippen molar-refractivity contribution >= 4 is 76.8 Å². The third-order valence-corrected chi connectivity index (χ3v) is 8.63. The molecule has 4 aromatic carbocycles. The number of fused-ring (bicyclic) bond motifs is 3. The van der Waals surface area contributed by atoms with Crippen LogP contribution in [0.25, 0.3) is 53.2 Å². The van der Waals surface area contributed by atoms with Gasteiger partial charge in [0.05, 0.1) is 0 Å². The lowest BCUT2D eigenvalue weighted by atomic mass is 9.88. The van der Waals surface area contributed by atoms with Crippen LogP contribution in [0.2, 0.25) is 10.0 Å². The first-order valence-electron chi connectivity index (χ1n) is 10.4. The van der Waals surface area contributed by atoms with Gasteiger partial charge in [-0.25, -0.2) is 0 Å². The van der Waals surface area contributed by atoms with Crippen molar-refractivity contribution in [1.82, 2.24) is 0 Å². The maximum atomic E-state index is 6.82. The first-order valence-corrected chi connectivity index (χ1v) is 12.9. The predicted molar refractivity (Wildman–Crippen MR) is 145 cm³/mol. The molecule has 0 atom stereocenters. The summed E-state index contributed by atoms with van der Waals surface area (Å²) in [6, 6.07) is 21.7. The van der Waals surface area contributed by atoms with Crippen LogP contribution < -0.4 is 0 Å². The van der Waals surface area contributed by atoms with Crippen molar-refractivity contribution < 1.29 is 0 Å².